The number of urea groups is 1. The Kier molecular flexibility index (Phi) is 9.79. The van der Waals surface area contributed by atoms with Gasteiger partial charge in [0.25, 0.3) is 5.91 Å². The summed E-state index contributed by atoms with van der Waals surface area (Å²) in [6.45, 7) is 3.76. The molecule has 0 bridgehead atoms. The number of esters is 1. The van der Waals surface area contributed by atoms with Crippen LogP contribution in [0.2, 0.25) is 0 Å². The molecule has 2 heterocycles. The Hall–Kier alpha value is -3.25. The molecule has 1 aliphatic heterocycles. The fourth-order valence-electron chi connectivity index (χ4n) is 3.68. The Bertz CT molecular complexity index is 1040. The van der Waals surface area contributed by atoms with Crippen LogP contribution in [0.15, 0.2) is 18.2 Å². The van der Waals surface area contributed by atoms with Crippen molar-refractivity contribution in [2.75, 3.05) is 45.7 Å². The minimum absolute atomic E-state index is 0.0182. The monoisotopic (exact) mass is 507 g/mol. The molecule has 0 aliphatic carbocycles. The number of hydrogen-bond donors (Lipinski definition) is 3. The predicted octanol–water partition coefficient (Wildman–Crippen LogP) is 3.00. The zero-order chi connectivity index (χ0) is 25.2. The van der Waals surface area contributed by atoms with Gasteiger partial charge in [0.05, 0.1) is 12.7 Å². The highest BCUT2D eigenvalue weighted by molar-refractivity contribution is 7.11. The lowest BCUT2D eigenvalue weighted by Crippen LogP contribution is -2.30. The second-order valence-corrected chi connectivity index (χ2v) is 8.78. The van der Waals surface area contributed by atoms with Crippen LogP contribution in [0.5, 0.6) is 5.88 Å². The molecule has 190 valence electrons. The summed E-state index contributed by atoms with van der Waals surface area (Å²) in [5.41, 5.74) is 0.352. The molecule has 1 fully saturated rings. The van der Waals surface area contributed by atoms with Crippen molar-refractivity contribution < 1.29 is 28.2 Å². The smallest absolute Gasteiger partial charge is 0.346 e. The van der Waals surface area contributed by atoms with E-state index in [4.69, 9.17) is 9.47 Å². The average molecular weight is 508 g/mol. The molecule has 0 radical (unpaired) electrons. The summed E-state index contributed by atoms with van der Waals surface area (Å²) in [4.78, 5) is 38.9. The minimum atomic E-state index is -0.722. The fraction of sp³-hybridized carbons (Fsp3) is 0.478. The van der Waals surface area contributed by atoms with Gasteiger partial charge in [-0.2, -0.15) is 4.37 Å². The molecular weight excluding hydrogens is 477 g/mol. The molecule has 1 aliphatic rings. The zero-order valence-corrected chi connectivity index (χ0v) is 20.6. The summed E-state index contributed by atoms with van der Waals surface area (Å²) < 4.78 is 28.5. The second-order valence-electron chi connectivity index (χ2n) is 8.00. The van der Waals surface area contributed by atoms with Crippen molar-refractivity contribution in [3.05, 3.63) is 40.7 Å². The van der Waals surface area contributed by atoms with Gasteiger partial charge in [0.1, 0.15) is 17.4 Å². The van der Waals surface area contributed by atoms with Crippen LogP contribution in [-0.2, 0) is 11.3 Å². The maximum absolute atomic E-state index is 13.9. The van der Waals surface area contributed by atoms with Gasteiger partial charge in [0, 0.05) is 13.6 Å². The fourth-order valence-corrected chi connectivity index (χ4v) is 4.40. The van der Waals surface area contributed by atoms with E-state index in [1.165, 1.54) is 39.1 Å². The third kappa shape index (κ3) is 7.36. The van der Waals surface area contributed by atoms with Crippen LogP contribution in [0.3, 0.4) is 0 Å². The Morgan fingerprint density at radius 3 is 2.69 bits per heavy atom. The number of halogens is 1. The predicted molar refractivity (Wildman–Crippen MR) is 130 cm³/mol. The number of rotatable bonds is 11. The van der Waals surface area contributed by atoms with Crippen LogP contribution >= 0.6 is 11.5 Å². The maximum atomic E-state index is 13.9. The van der Waals surface area contributed by atoms with Gasteiger partial charge >= 0.3 is 12.0 Å². The molecule has 3 N–H and O–H groups in total. The average Bonchev–Trinajstić information content (AvgIpc) is 3.52. The molecule has 3 rings (SSSR count). The van der Waals surface area contributed by atoms with Gasteiger partial charge in [0.15, 0.2) is 5.56 Å². The first-order chi connectivity index (χ1) is 16.9. The van der Waals surface area contributed by atoms with E-state index in [0.29, 0.717) is 12.1 Å². The van der Waals surface area contributed by atoms with Gasteiger partial charge in [-0.15, -0.1) is 0 Å². The number of hydrogen-bond acceptors (Lipinski definition) is 8. The summed E-state index contributed by atoms with van der Waals surface area (Å²) in [7, 11) is 2.62. The second kappa shape index (κ2) is 13.0. The molecule has 0 spiro atoms. The van der Waals surface area contributed by atoms with Gasteiger partial charge in [-0.1, -0.05) is 6.07 Å². The standard InChI is InChI=1S/C23H30FN5O5S/c1-25-19(30)16-13-15(7-8-17(16)24)14-34-20-18(22(31)33-2)21(35-28-20)27-23(32)26-9-3-4-10-29-11-5-6-12-29/h7-8,13H,3-6,9-12,14H2,1-2H3,(H,25,30)(H2,26,27,32). The van der Waals surface area contributed by atoms with E-state index < -0.39 is 23.7 Å². The van der Waals surface area contributed by atoms with Crippen molar-refractivity contribution in [3.8, 4) is 5.88 Å². The number of ether oxygens (including phenoxy) is 2. The number of carbonyl (C=O) groups is 3. The molecule has 10 nitrogen and oxygen atoms in total. The molecule has 0 unspecified atom stereocenters. The quantitative estimate of drug-likeness (QED) is 0.316. The molecule has 2 aromatic rings. The van der Waals surface area contributed by atoms with Crippen LogP contribution < -0.4 is 20.7 Å². The molecule has 0 atom stereocenters. The largest absolute Gasteiger partial charge is 0.472 e. The van der Waals surface area contributed by atoms with Crippen molar-refractivity contribution in [2.24, 2.45) is 0 Å². The van der Waals surface area contributed by atoms with Gasteiger partial charge in [-0.3, -0.25) is 10.1 Å². The molecule has 12 heteroatoms. The topological polar surface area (TPSA) is 122 Å². The third-order valence-electron chi connectivity index (χ3n) is 5.54. The number of benzene rings is 1. The molecular formula is C23H30FN5O5S. The summed E-state index contributed by atoms with van der Waals surface area (Å²) in [6.07, 6.45) is 4.35. The highest BCUT2D eigenvalue weighted by Crippen LogP contribution is 2.32. The van der Waals surface area contributed by atoms with E-state index >= 15 is 0 Å². The number of likely N-dealkylation sites (tertiary alicyclic amines) is 1. The first-order valence-corrected chi connectivity index (χ1v) is 12.2. The van der Waals surface area contributed by atoms with Crippen LogP contribution in [0, 0.1) is 5.82 Å². The molecule has 1 aromatic carbocycles. The number of nitrogens with one attached hydrogen (secondary N) is 3. The van der Waals surface area contributed by atoms with Crippen LogP contribution in [0.1, 0.15) is 52.0 Å². The van der Waals surface area contributed by atoms with Crippen LogP contribution in [0.4, 0.5) is 14.2 Å². The molecule has 0 saturated carbocycles. The molecule has 35 heavy (non-hydrogen) atoms. The lowest BCUT2D eigenvalue weighted by atomic mass is 10.1. The lowest BCUT2D eigenvalue weighted by Gasteiger charge is -2.14. The van der Waals surface area contributed by atoms with Crippen molar-refractivity contribution in [1.29, 1.82) is 0 Å². The third-order valence-corrected chi connectivity index (χ3v) is 6.29. The van der Waals surface area contributed by atoms with Crippen LogP contribution in [0.25, 0.3) is 0 Å². The normalized spacial score (nSPS) is 13.3. The van der Waals surface area contributed by atoms with Gasteiger partial charge in [0.2, 0.25) is 5.88 Å². The highest BCUT2D eigenvalue weighted by atomic mass is 32.1. The first kappa shape index (κ1) is 26.4. The summed E-state index contributed by atoms with van der Waals surface area (Å²) >= 11 is 0.879. The number of amides is 3. The van der Waals surface area contributed by atoms with E-state index in [1.54, 1.807) is 0 Å². The molecule has 3 amide bonds. The van der Waals surface area contributed by atoms with E-state index in [0.717, 1.165) is 50.1 Å². The van der Waals surface area contributed by atoms with E-state index in [9.17, 15) is 18.8 Å². The maximum Gasteiger partial charge on any atom is 0.346 e. The van der Waals surface area contributed by atoms with E-state index in [2.05, 4.69) is 25.2 Å². The zero-order valence-electron chi connectivity index (χ0n) is 19.8. The Balaban J connectivity index is 1.56. The van der Waals surface area contributed by atoms with Crippen LogP contribution in [-0.4, -0.2) is 67.5 Å². The lowest BCUT2D eigenvalue weighted by molar-refractivity contribution is 0.0596. The molecule has 1 saturated heterocycles. The number of nitrogens with zero attached hydrogens (tertiary/aromatic N) is 2. The number of methoxy groups -OCH3 is 1. The van der Waals surface area contributed by atoms with Gasteiger partial charge in [-0.25, -0.2) is 14.0 Å². The van der Waals surface area contributed by atoms with Gasteiger partial charge in [-0.05, 0) is 74.5 Å². The van der Waals surface area contributed by atoms with Crippen molar-refractivity contribution in [1.82, 2.24) is 19.9 Å². The number of aromatic nitrogens is 1. The summed E-state index contributed by atoms with van der Waals surface area (Å²) in [5, 5.41) is 7.96. The SMILES string of the molecule is CNC(=O)c1cc(COc2nsc(NC(=O)NCCCCN3CCCC3)c2C(=O)OC)ccc1F. The number of carbonyl (C=O) groups excluding carboxylic acids is 3. The van der Waals surface area contributed by atoms with Crippen molar-refractivity contribution in [3.63, 3.8) is 0 Å². The number of unbranched alkanes of at least 4 members (excludes halogenated alkanes) is 1. The Morgan fingerprint density at radius 2 is 1.97 bits per heavy atom. The van der Waals surface area contributed by atoms with E-state index in [-0.39, 0.29) is 28.6 Å². The molecule has 1 aromatic heterocycles. The number of anilines is 1. The van der Waals surface area contributed by atoms with Gasteiger partial charge < -0.3 is 25.0 Å². The highest BCUT2D eigenvalue weighted by Gasteiger charge is 2.25. The first-order valence-electron chi connectivity index (χ1n) is 11.4. The summed E-state index contributed by atoms with van der Waals surface area (Å²) in [5.74, 6) is -1.99. The van der Waals surface area contributed by atoms with E-state index in [1.807, 2.05) is 0 Å². The van der Waals surface area contributed by atoms with Crippen molar-refractivity contribution >= 4 is 34.4 Å². The Morgan fingerprint density at radius 1 is 1.20 bits per heavy atom. The minimum Gasteiger partial charge on any atom is -0.472 e. The van der Waals surface area contributed by atoms with Crippen molar-refractivity contribution in [2.45, 2.75) is 32.3 Å². The summed E-state index contributed by atoms with van der Waals surface area (Å²) in [6, 6.07) is 3.52. The Labute approximate surface area is 207 Å².